The van der Waals surface area contributed by atoms with Crippen molar-refractivity contribution in [3.05, 3.63) is 11.6 Å². The molecule has 0 aromatic rings. The van der Waals surface area contributed by atoms with E-state index in [1.807, 2.05) is 0 Å². The first-order chi connectivity index (χ1) is 18.2. The van der Waals surface area contributed by atoms with Crippen LogP contribution in [-0.4, -0.2) is 31.1 Å². The molecular formula is C34H56N2O3. The molecule has 5 aliphatic rings. The van der Waals surface area contributed by atoms with Gasteiger partial charge >= 0.3 is 5.97 Å². The molecule has 39 heavy (non-hydrogen) atoms. The Morgan fingerprint density at radius 1 is 0.974 bits per heavy atom. The predicted molar refractivity (Wildman–Crippen MR) is 157 cm³/mol. The van der Waals surface area contributed by atoms with Crippen molar-refractivity contribution in [3.8, 4) is 0 Å². The highest BCUT2D eigenvalue weighted by Crippen LogP contribution is 2.75. The number of fused-ring (bicyclic) bond motifs is 7. The molecule has 1 amide bonds. The topological polar surface area (TPSA) is 81.4 Å². The standard InChI is InChI=1S/C34H56N2O3/c1-21-11-14-30(4)17-18-32(6)24(28(30)22(21)2)9-10-25-31(5)15-13-27(39-23(3)37)34(8,29(38)36-20-19-35)26(31)12-16-33(25,32)7/h9,21-22,25-28H,10-20,35H2,1-8H3,(H,36,38)/t21-,22+,25?,26?,27-,28?,30-,31-,32-,33-,34-/m1/s1. The average Bonchev–Trinajstić information content (AvgIpc) is 2.87. The summed E-state index contributed by atoms with van der Waals surface area (Å²) in [4.78, 5) is 26.1. The SMILES string of the molecule is CC(=O)O[C@@H]1CC[C@@]2(C)C(CC[C@]3(C)C2CC=C2C4[C@@H](C)[C@H](C)CC[C@]4(C)CC[C@]23C)[C@@]1(C)C(=O)NCCN. The second-order valence-corrected chi connectivity index (χ2v) is 15.8. The number of hydrogen-bond acceptors (Lipinski definition) is 4. The Labute approximate surface area is 237 Å². The van der Waals surface area contributed by atoms with Crippen LogP contribution in [0.1, 0.15) is 113 Å². The second-order valence-electron chi connectivity index (χ2n) is 15.8. The van der Waals surface area contributed by atoms with Crippen LogP contribution in [0.5, 0.6) is 0 Å². The fraction of sp³-hybridized carbons (Fsp3) is 0.882. The van der Waals surface area contributed by atoms with E-state index < -0.39 is 5.41 Å². The lowest BCUT2D eigenvalue weighted by atomic mass is 9.33. The molecule has 0 bridgehead atoms. The first-order valence-corrected chi connectivity index (χ1v) is 16.0. The summed E-state index contributed by atoms with van der Waals surface area (Å²) < 4.78 is 5.92. The summed E-state index contributed by atoms with van der Waals surface area (Å²) in [7, 11) is 0. The van der Waals surface area contributed by atoms with Gasteiger partial charge in [0.2, 0.25) is 5.91 Å². The predicted octanol–water partition coefficient (Wildman–Crippen LogP) is 6.65. The van der Waals surface area contributed by atoms with Crippen LogP contribution in [0.15, 0.2) is 11.6 Å². The molecule has 0 saturated heterocycles. The fourth-order valence-corrected chi connectivity index (χ4v) is 11.6. The molecule has 0 heterocycles. The summed E-state index contributed by atoms with van der Waals surface area (Å²) >= 11 is 0. The van der Waals surface area contributed by atoms with Gasteiger partial charge in [0, 0.05) is 20.0 Å². The molecule has 4 fully saturated rings. The van der Waals surface area contributed by atoms with Crippen LogP contribution in [0.3, 0.4) is 0 Å². The summed E-state index contributed by atoms with van der Waals surface area (Å²) in [5, 5.41) is 3.11. The first kappa shape index (κ1) is 29.1. The van der Waals surface area contributed by atoms with E-state index in [2.05, 4.69) is 59.9 Å². The van der Waals surface area contributed by atoms with Crippen molar-refractivity contribution < 1.29 is 14.3 Å². The van der Waals surface area contributed by atoms with Crippen LogP contribution >= 0.6 is 0 Å². The quantitative estimate of drug-likeness (QED) is 0.309. The zero-order valence-electron chi connectivity index (χ0n) is 26.1. The lowest BCUT2D eigenvalue weighted by molar-refractivity contribution is -0.216. The van der Waals surface area contributed by atoms with Crippen molar-refractivity contribution in [2.24, 2.45) is 62.4 Å². The minimum atomic E-state index is -0.751. The summed E-state index contributed by atoms with van der Waals surface area (Å²) in [6.07, 6.45) is 12.7. The van der Waals surface area contributed by atoms with E-state index in [4.69, 9.17) is 10.5 Å². The van der Waals surface area contributed by atoms with Gasteiger partial charge in [0.15, 0.2) is 0 Å². The normalized spacial score (nSPS) is 50.8. The number of amides is 1. The number of hydrogen-bond donors (Lipinski definition) is 2. The van der Waals surface area contributed by atoms with E-state index >= 15 is 0 Å². The maximum Gasteiger partial charge on any atom is 0.302 e. The lowest BCUT2D eigenvalue weighted by Crippen LogP contribution is -2.67. The lowest BCUT2D eigenvalue weighted by Gasteiger charge is -2.71. The van der Waals surface area contributed by atoms with Crippen molar-refractivity contribution >= 4 is 11.9 Å². The van der Waals surface area contributed by atoms with Gasteiger partial charge in [-0.05, 0) is 116 Å². The molecule has 0 aromatic carbocycles. The number of esters is 1. The molecule has 5 rings (SSSR count). The van der Waals surface area contributed by atoms with Crippen LogP contribution in [0.25, 0.3) is 0 Å². The van der Waals surface area contributed by atoms with Gasteiger partial charge in [-0.25, -0.2) is 0 Å². The Morgan fingerprint density at radius 2 is 1.69 bits per heavy atom. The van der Waals surface area contributed by atoms with Crippen molar-refractivity contribution in [3.63, 3.8) is 0 Å². The third kappa shape index (κ3) is 3.94. The summed E-state index contributed by atoms with van der Waals surface area (Å²) in [6, 6.07) is 0. The van der Waals surface area contributed by atoms with Gasteiger partial charge in [-0.2, -0.15) is 0 Å². The van der Waals surface area contributed by atoms with Gasteiger partial charge in [-0.15, -0.1) is 0 Å². The van der Waals surface area contributed by atoms with Gasteiger partial charge in [-0.1, -0.05) is 53.2 Å². The zero-order valence-corrected chi connectivity index (χ0v) is 26.1. The summed E-state index contributed by atoms with van der Waals surface area (Å²) in [5.41, 5.74) is 7.65. The van der Waals surface area contributed by atoms with Gasteiger partial charge in [-0.3, -0.25) is 9.59 Å². The van der Waals surface area contributed by atoms with Crippen LogP contribution in [-0.2, 0) is 14.3 Å². The molecule has 3 unspecified atom stereocenters. The molecule has 0 spiro atoms. The number of nitrogens with two attached hydrogens (primary N) is 1. The highest BCUT2D eigenvalue weighted by Gasteiger charge is 2.70. The number of rotatable bonds is 4. The molecule has 0 radical (unpaired) electrons. The van der Waals surface area contributed by atoms with Crippen LogP contribution in [0, 0.1) is 56.7 Å². The van der Waals surface area contributed by atoms with E-state index in [1.165, 1.54) is 32.6 Å². The Balaban J connectivity index is 1.56. The Kier molecular flexibility index (Phi) is 7.17. The molecule has 0 aromatic heterocycles. The van der Waals surface area contributed by atoms with Crippen LogP contribution in [0.4, 0.5) is 0 Å². The number of ether oxygens (including phenoxy) is 1. The van der Waals surface area contributed by atoms with E-state index in [0.717, 1.165) is 43.9 Å². The zero-order chi connectivity index (χ0) is 28.6. The number of carbonyl (C=O) groups excluding carboxylic acids is 2. The molecule has 5 nitrogen and oxygen atoms in total. The van der Waals surface area contributed by atoms with Gasteiger partial charge < -0.3 is 15.8 Å². The molecule has 4 saturated carbocycles. The van der Waals surface area contributed by atoms with Crippen molar-refractivity contribution in [1.82, 2.24) is 5.32 Å². The van der Waals surface area contributed by atoms with Gasteiger partial charge in [0.25, 0.3) is 0 Å². The van der Waals surface area contributed by atoms with Crippen molar-refractivity contribution in [2.75, 3.05) is 13.1 Å². The van der Waals surface area contributed by atoms with Gasteiger partial charge in [0.05, 0.1) is 5.41 Å². The van der Waals surface area contributed by atoms with E-state index in [1.54, 1.807) is 5.57 Å². The number of nitrogens with one attached hydrogen (secondary N) is 1. The summed E-state index contributed by atoms with van der Waals surface area (Å²) in [6.45, 7) is 19.8. The largest absolute Gasteiger partial charge is 0.461 e. The molecule has 5 aliphatic carbocycles. The Morgan fingerprint density at radius 3 is 2.36 bits per heavy atom. The molecule has 5 heteroatoms. The molecule has 3 N–H and O–H groups in total. The molecule has 11 atom stereocenters. The van der Waals surface area contributed by atoms with Crippen molar-refractivity contribution in [1.29, 1.82) is 0 Å². The maximum atomic E-state index is 13.9. The molecular weight excluding hydrogens is 484 g/mol. The highest BCUT2D eigenvalue weighted by molar-refractivity contribution is 5.84. The summed E-state index contributed by atoms with van der Waals surface area (Å²) in [5.74, 6) is 2.61. The Bertz CT molecular complexity index is 1040. The molecule has 0 aliphatic heterocycles. The maximum absolute atomic E-state index is 13.9. The van der Waals surface area contributed by atoms with Crippen LogP contribution < -0.4 is 11.1 Å². The molecule has 220 valence electrons. The third-order valence-corrected chi connectivity index (χ3v) is 14.2. The van der Waals surface area contributed by atoms with Crippen molar-refractivity contribution in [2.45, 2.75) is 119 Å². The third-order valence-electron chi connectivity index (χ3n) is 14.2. The minimum absolute atomic E-state index is 0.00964. The average molecular weight is 541 g/mol. The van der Waals surface area contributed by atoms with Crippen LogP contribution in [0.2, 0.25) is 0 Å². The number of allylic oxidation sites excluding steroid dienone is 2. The monoisotopic (exact) mass is 540 g/mol. The van der Waals surface area contributed by atoms with Gasteiger partial charge in [0.1, 0.15) is 6.10 Å². The highest BCUT2D eigenvalue weighted by atomic mass is 16.5. The smallest absolute Gasteiger partial charge is 0.302 e. The van der Waals surface area contributed by atoms with E-state index in [9.17, 15) is 9.59 Å². The van der Waals surface area contributed by atoms with E-state index in [0.29, 0.717) is 30.3 Å². The Hall–Kier alpha value is -1.36. The number of carbonyl (C=O) groups is 2. The fourth-order valence-electron chi connectivity index (χ4n) is 11.6. The second kappa shape index (κ2) is 9.60. The first-order valence-electron chi connectivity index (χ1n) is 16.0. The minimum Gasteiger partial charge on any atom is -0.461 e. The van der Waals surface area contributed by atoms with E-state index in [-0.39, 0.29) is 40.1 Å².